The standard InChI is InChI=1S/C25H30N4O4/c1-3-32-20-8-5-4-7-18(20)22-19(16-26)24(27)33-21-15-17(2)29(25(30)23(21)22)10-6-9-28-11-13-31-14-12-28/h4-5,7-8,15,22H,3,6,9-14,27H2,1-2H3. The second-order valence-electron chi connectivity index (χ2n) is 8.22. The quantitative estimate of drug-likeness (QED) is 0.691. The minimum Gasteiger partial charge on any atom is -0.494 e. The van der Waals surface area contributed by atoms with Crippen LogP contribution in [0.1, 0.15) is 36.1 Å². The Hall–Kier alpha value is -3.28. The largest absolute Gasteiger partial charge is 0.494 e. The Labute approximate surface area is 193 Å². The second-order valence-corrected chi connectivity index (χ2v) is 8.22. The first-order valence-electron chi connectivity index (χ1n) is 11.4. The van der Waals surface area contributed by atoms with Crippen molar-refractivity contribution < 1.29 is 14.2 Å². The molecule has 2 aliphatic heterocycles. The van der Waals surface area contributed by atoms with Crippen LogP contribution in [0.25, 0.3) is 0 Å². The number of fused-ring (bicyclic) bond motifs is 1. The molecule has 2 aliphatic rings. The zero-order valence-corrected chi connectivity index (χ0v) is 19.2. The molecule has 0 bridgehead atoms. The van der Waals surface area contributed by atoms with E-state index in [4.69, 9.17) is 19.9 Å². The van der Waals surface area contributed by atoms with Crippen molar-refractivity contribution in [3.63, 3.8) is 0 Å². The van der Waals surface area contributed by atoms with Crippen LogP contribution in [0, 0.1) is 18.3 Å². The molecule has 3 heterocycles. The van der Waals surface area contributed by atoms with Gasteiger partial charge in [0.2, 0.25) is 5.88 Å². The number of pyridine rings is 1. The summed E-state index contributed by atoms with van der Waals surface area (Å²) in [6.45, 7) is 9.06. The molecule has 1 unspecified atom stereocenters. The van der Waals surface area contributed by atoms with Crippen LogP contribution >= 0.6 is 0 Å². The molecule has 1 aromatic heterocycles. The molecule has 0 spiro atoms. The van der Waals surface area contributed by atoms with Crippen molar-refractivity contribution in [2.24, 2.45) is 5.73 Å². The van der Waals surface area contributed by atoms with E-state index < -0.39 is 5.92 Å². The van der Waals surface area contributed by atoms with E-state index in [0.717, 1.165) is 50.5 Å². The molecular weight excluding hydrogens is 420 g/mol. The van der Waals surface area contributed by atoms with E-state index in [1.807, 2.05) is 44.2 Å². The second kappa shape index (κ2) is 10.1. The lowest BCUT2D eigenvalue weighted by atomic mass is 9.83. The smallest absolute Gasteiger partial charge is 0.258 e. The van der Waals surface area contributed by atoms with Gasteiger partial charge in [-0.05, 0) is 26.3 Å². The number of nitrogens with zero attached hydrogens (tertiary/aromatic N) is 3. The molecular formula is C25H30N4O4. The van der Waals surface area contributed by atoms with E-state index in [2.05, 4.69) is 11.0 Å². The van der Waals surface area contributed by atoms with Crippen LogP contribution in [0.5, 0.6) is 11.5 Å². The Morgan fingerprint density at radius 3 is 2.73 bits per heavy atom. The normalized spacial score (nSPS) is 18.4. The van der Waals surface area contributed by atoms with Crippen molar-refractivity contribution in [3.8, 4) is 17.6 Å². The van der Waals surface area contributed by atoms with Gasteiger partial charge < -0.3 is 24.5 Å². The van der Waals surface area contributed by atoms with Crippen molar-refractivity contribution in [1.29, 1.82) is 5.26 Å². The number of allylic oxidation sites excluding steroid dienone is 1. The fraction of sp³-hybridized carbons (Fsp3) is 0.440. The SMILES string of the molecule is CCOc1ccccc1C1C(C#N)=C(N)Oc2cc(C)n(CCCN3CCOCC3)c(=O)c21. The van der Waals surface area contributed by atoms with E-state index in [9.17, 15) is 10.1 Å². The fourth-order valence-electron chi connectivity index (χ4n) is 4.56. The molecule has 174 valence electrons. The average molecular weight is 451 g/mol. The number of para-hydroxylation sites is 1. The van der Waals surface area contributed by atoms with Crippen molar-refractivity contribution >= 4 is 0 Å². The van der Waals surface area contributed by atoms with Crippen LogP contribution in [-0.4, -0.2) is 48.9 Å². The molecule has 1 saturated heterocycles. The Kier molecular flexibility index (Phi) is 7.02. The van der Waals surface area contributed by atoms with Crippen LogP contribution in [0.15, 0.2) is 46.6 Å². The lowest BCUT2D eigenvalue weighted by molar-refractivity contribution is 0.0369. The number of benzene rings is 1. The third kappa shape index (κ3) is 4.61. The summed E-state index contributed by atoms with van der Waals surface area (Å²) in [5, 5.41) is 9.91. The maximum Gasteiger partial charge on any atom is 0.258 e. The first kappa shape index (κ1) is 22.9. The summed E-state index contributed by atoms with van der Waals surface area (Å²) in [5.41, 5.74) is 8.13. The summed E-state index contributed by atoms with van der Waals surface area (Å²) < 4.78 is 18.8. The molecule has 0 radical (unpaired) electrons. The van der Waals surface area contributed by atoms with Gasteiger partial charge >= 0.3 is 0 Å². The Morgan fingerprint density at radius 2 is 2.00 bits per heavy atom. The number of aryl methyl sites for hydroxylation is 1. The molecule has 8 heteroatoms. The first-order valence-corrected chi connectivity index (χ1v) is 11.4. The van der Waals surface area contributed by atoms with Gasteiger partial charge in [0.1, 0.15) is 23.1 Å². The van der Waals surface area contributed by atoms with E-state index in [0.29, 0.717) is 30.2 Å². The molecule has 2 N–H and O–H groups in total. The number of hydrogen-bond acceptors (Lipinski definition) is 7. The maximum atomic E-state index is 13.8. The van der Waals surface area contributed by atoms with Gasteiger partial charge in [-0.3, -0.25) is 9.69 Å². The van der Waals surface area contributed by atoms with Crippen LogP contribution in [0.4, 0.5) is 0 Å². The van der Waals surface area contributed by atoms with Gasteiger partial charge in [-0.2, -0.15) is 5.26 Å². The van der Waals surface area contributed by atoms with Crippen LogP contribution in [-0.2, 0) is 11.3 Å². The summed E-state index contributed by atoms with van der Waals surface area (Å²) in [4.78, 5) is 16.1. The summed E-state index contributed by atoms with van der Waals surface area (Å²) in [5.74, 6) is 0.386. The van der Waals surface area contributed by atoms with Crippen LogP contribution in [0.3, 0.4) is 0 Å². The fourth-order valence-corrected chi connectivity index (χ4v) is 4.56. The molecule has 2 aromatic rings. The highest BCUT2D eigenvalue weighted by Crippen LogP contribution is 2.43. The number of aromatic nitrogens is 1. The van der Waals surface area contributed by atoms with Crippen molar-refractivity contribution in [2.75, 3.05) is 39.5 Å². The molecule has 1 atom stereocenters. The number of nitriles is 1. The zero-order valence-electron chi connectivity index (χ0n) is 19.2. The van der Waals surface area contributed by atoms with Crippen LogP contribution in [0.2, 0.25) is 0 Å². The van der Waals surface area contributed by atoms with Crippen LogP contribution < -0.4 is 20.8 Å². The number of hydrogen-bond donors (Lipinski definition) is 1. The number of nitrogens with two attached hydrogens (primary N) is 1. The third-order valence-corrected chi connectivity index (χ3v) is 6.18. The third-order valence-electron chi connectivity index (χ3n) is 6.18. The average Bonchev–Trinajstić information content (AvgIpc) is 2.81. The van der Waals surface area contributed by atoms with Crippen molar-refractivity contribution in [2.45, 2.75) is 32.7 Å². The van der Waals surface area contributed by atoms with Gasteiger partial charge in [-0.15, -0.1) is 0 Å². The van der Waals surface area contributed by atoms with Gasteiger partial charge in [-0.1, -0.05) is 18.2 Å². The summed E-state index contributed by atoms with van der Waals surface area (Å²) in [6.07, 6.45) is 0.837. The molecule has 4 rings (SSSR count). The van der Waals surface area contributed by atoms with E-state index in [-0.39, 0.29) is 17.0 Å². The Morgan fingerprint density at radius 1 is 1.24 bits per heavy atom. The molecule has 8 nitrogen and oxygen atoms in total. The minimum absolute atomic E-state index is 0.0187. The maximum absolute atomic E-state index is 13.8. The lowest BCUT2D eigenvalue weighted by Gasteiger charge is -2.29. The topological polar surface area (TPSA) is 103 Å². The number of morpholine rings is 1. The van der Waals surface area contributed by atoms with Crippen molar-refractivity contribution in [3.05, 3.63) is 69.0 Å². The Balaban J connectivity index is 1.73. The predicted octanol–water partition coefficient (Wildman–Crippen LogP) is 2.50. The Bertz CT molecular complexity index is 1140. The molecule has 1 fully saturated rings. The van der Waals surface area contributed by atoms with Gasteiger partial charge in [0.25, 0.3) is 5.56 Å². The molecule has 33 heavy (non-hydrogen) atoms. The van der Waals surface area contributed by atoms with E-state index in [1.54, 1.807) is 4.57 Å². The summed E-state index contributed by atoms with van der Waals surface area (Å²) in [6, 6.07) is 11.5. The highest BCUT2D eigenvalue weighted by molar-refractivity contribution is 5.58. The highest BCUT2D eigenvalue weighted by Gasteiger charge is 2.35. The molecule has 0 saturated carbocycles. The summed E-state index contributed by atoms with van der Waals surface area (Å²) >= 11 is 0. The first-order chi connectivity index (χ1) is 16.0. The molecule has 0 aliphatic carbocycles. The van der Waals surface area contributed by atoms with Gasteiger partial charge in [-0.25, -0.2) is 0 Å². The number of rotatable bonds is 7. The predicted molar refractivity (Wildman–Crippen MR) is 124 cm³/mol. The minimum atomic E-state index is -0.653. The zero-order chi connectivity index (χ0) is 23.4. The van der Waals surface area contributed by atoms with Gasteiger partial charge in [0, 0.05) is 43.5 Å². The summed E-state index contributed by atoms with van der Waals surface area (Å²) in [7, 11) is 0. The monoisotopic (exact) mass is 450 g/mol. The highest BCUT2D eigenvalue weighted by atomic mass is 16.5. The van der Waals surface area contributed by atoms with E-state index in [1.165, 1.54) is 0 Å². The molecule has 1 aromatic carbocycles. The van der Waals surface area contributed by atoms with E-state index >= 15 is 0 Å². The molecule has 0 amide bonds. The van der Waals surface area contributed by atoms with Gasteiger partial charge in [0.15, 0.2) is 0 Å². The number of ether oxygens (including phenoxy) is 3. The van der Waals surface area contributed by atoms with Gasteiger partial charge in [0.05, 0.1) is 31.3 Å². The lowest BCUT2D eigenvalue weighted by Crippen LogP contribution is -2.38. The van der Waals surface area contributed by atoms with Crippen molar-refractivity contribution in [1.82, 2.24) is 9.47 Å².